The summed E-state index contributed by atoms with van der Waals surface area (Å²) in [6.45, 7) is 0.162. The van der Waals surface area contributed by atoms with Crippen LogP contribution in [0.1, 0.15) is 22.3 Å². The molecule has 0 saturated carbocycles. The highest BCUT2D eigenvalue weighted by atomic mass is 32.2. The summed E-state index contributed by atoms with van der Waals surface area (Å²) in [5.74, 6) is -0.623. The Morgan fingerprint density at radius 2 is 1.93 bits per heavy atom. The highest BCUT2D eigenvalue weighted by Crippen LogP contribution is 2.30. The van der Waals surface area contributed by atoms with Gasteiger partial charge in [0.1, 0.15) is 11.6 Å². The van der Waals surface area contributed by atoms with Gasteiger partial charge < -0.3 is 9.47 Å². The molecule has 0 atom stereocenters. The van der Waals surface area contributed by atoms with E-state index < -0.39 is 33.3 Å². The first-order valence-electron chi connectivity index (χ1n) is 8.29. The van der Waals surface area contributed by atoms with E-state index in [1.807, 2.05) is 0 Å². The summed E-state index contributed by atoms with van der Waals surface area (Å²) in [5.41, 5.74) is 0.130. The van der Waals surface area contributed by atoms with E-state index in [1.54, 1.807) is 0 Å². The molecule has 0 bridgehead atoms. The first kappa shape index (κ1) is 20.6. The second-order valence-electron chi connectivity index (χ2n) is 6.27. The molecule has 1 aliphatic rings. The molecule has 0 aromatic heterocycles. The van der Waals surface area contributed by atoms with Gasteiger partial charge in [-0.3, -0.25) is 0 Å². The Kier molecular flexibility index (Phi) is 5.92. The topological polar surface area (TPSA) is 64.6 Å². The fourth-order valence-electron chi connectivity index (χ4n) is 2.89. The van der Waals surface area contributed by atoms with Crippen molar-refractivity contribution in [3.8, 4) is 5.75 Å². The smallest absolute Gasteiger partial charge is 0.416 e. The maximum absolute atomic E-state index is 13.7. The highest BCUT2D eigenvalue weighted by molar-refractivity contribution is 7.88. The minimum Gasteiger partial charge on any atom is -0.467 e. The summed E-state index contributed by atoms with van der Waals surface area (Å²) in [6.07, 6.45) is -4.39. The van der Waals surface area contributed by atoms with Gasteiger partial charge in [0.2, 0.25) is 10.0 Å². The molecule has 0 unspecified atom stereocenters. The van der Waals surface area contributed by atoms with Crippen LogP contribution >= 0.6 is 0 Å². The predicted molar refractivity (Wildman–Crippen MR) is 92.5 cm³/mol. The van der Waals surface area contributed by atoms with E-state index in [0.29, 0.717) is 16.9 Å². The third-order valence-electron chi connectivity index (χ3n) is 4.08. The Hall–Kier alpha value is -2.17. The Labute approximate surface area is 159 Å². The molecule has 0 saturated heterocycles. The molecule has 0 fully saturated rings. The van der Waals surface area contributed by atoms with Crippen LogP contribution in [-0.2, 0) is 39.7 Å². The Balaban J connectivity index is 1.64. The summed E-state index contributed by atoms with van der Waals surface area (Å²) in [7, 11) is -3.88. The van der Waals surface area contributed by atoms with Crippen LogP contribution in [-0.4, -0.2) is 21.8 Å². The van der Waals surface area contributed by atoms with Crippen LogP contribution in [0, 0.1) is 5.82 Å². The van der Waals surface area contributed by atoms with E-state index in [9.17, 15) is 26.0 Å². The minimum atomic E-state index is -4.55. The maximum atomic E-state index is 13.7. The molecule has 2 aromatic carbocycles. The van der Waals surface area contributed by atoms with Gasteiger partial charge in [-0.2, -0.15) is 13.2 Å². The number of sulfonamides is 1. The molecule has 0 radical (unpaired) electrons. The van der Waals surface area contributed by atoms with Crippen molar-refractivity contribution in [3.63, 3.8) is 0 Å². The molecule has 2 aromatic rings. The van der Waals surface area contributed by atoms with Crippen LogP contribution in [0.2, 0.25) is 0 Å². The highest BCUT2D eigenvalue weighted by Gasteiger charge is 2.30. The predicted octanol–water partition coefficient (Wildman–Crippen LogP) is 3.37. The van der Waals surface area contributed by atoms with Gasteiger partial charge in [0, 0.05) is 12.1 Å². The number of alkyl halides is 3. The van der Waals surface area contributed by atoms with E-state index in [2.05, 4.69) is 4.72 Å². The van der Waals surface area contributed by atoms with Crippen molar-refractivity contribution in [1.29, 1.82) is 0 Å². The SMILES string of the molecule is O=S(=O)(Cc1cccc(C(F)(F)F)c1)NCCc1cc(F)cc2c1OCOC2. The first-order valence-corrected chi connectivity index (χ1v) is 9.94. The van der Waals surface area contributed by atoms with Crippen molar-refractivity contribution in [2.45, 2.75) is 25.0 Å². The summed E-state index contributed by atoms with van der Waals surface area (Å²) < 4.78 is 89.1. The monoisotopic (exact) mass is 419 g/mol. The molecule has 152 valence electrons. The second kappa shape index (κ2) is 8.06. The Morgan fingerprint density at radius 1 is 1.14 bits per heavy atom. The zero-order valence-corrected chi connectivity index (χ0v) is 15.4. The number of ether oxygens (including phenoxy) is 2. The lowest BCUT2D eigenvalue weighted by Crippen LogP contribution is -2.27. The van der Waals surface area contributed by atoms with E-state index >= 15 is 0 Å². The van der Waals surface area contributed by atoms with Gasteiger partial charge in [-0.05, 0) is 35.7 Å². The van der Waals surface area contributed by atoms with Gasteiger partial charge in [0.25, 0.3) is 0 Å². The molecule has 0 aliphatic carbocycles. The quantitative estimate of drug-likeness (QED) is 0.730. The molecule has 5 nitrogen and oxygen atoms in total. The van der Waals surface area contributed by atoms with E-state index in [4.69, 9.17) is 9.47 Å². The molecular weight excluding hydrogens is 402 g/mol. The third-order valence-corrected chi connectivity index (χ3v) is 5.44. The second-order valence-corrected chi connectivity index (χ2v) is 8.07. The average Bonchev–Trinajstić information content (AvgIpc) is 2.60. The molecule has 0 amide bonds. The van der Waals surface area contributed by atoms with Gasteiger partial charge in [-0.1, -0.05) is 18.2 Å². The summed E-state index contributed by atoms with van der Waals surface area (Å²) in [4.78, 5) is 0. The van der Waals surface area contributed by atoms with Crippen LogP contribution in [0.15, 0.2) is 36.4 Å². The molecule has 28 heavy (non-hydrogen) atoms. The molecular formula is C18H17F4NO4S. The molecule has 1 heterocycles. The van der Waals surface area contributed by atoms with Crippen LogP contribution in [0.25, 0.3) is 0 Å². The molecule has 10 heteroatoms. The summed E-state index contributed by atoms with van der Waals surface area (Å²) in [6, 6.07) is 6.69. The van der Waals surface area contributed by atoms with Gasteiger partial charge in [0.15, 0.2) is 6.79 Å². The number of halogens is 4. The summed E-state index contributed by atoms with van der Waals surface area (Å²) in [5, 5.41) is 0. The van der Waals surface area contributed by atoms with Crippen molar-refractivity contribution in [3.05, 3.63) is 64.5 Å². The van der Waals surface area contributed by atoms with Gasteiger partial charge in [-0.15, -0.1) is 0 Å². The Morgan fingerprint density at radius 3 is 2.68 bits per heavy atom. The number of hydrogen-bond donors (Lipinski definition) is 1. The number of rotatable bonds is 6. The average molecular weight is 419 g/mol. The standard InChI is InChI=1S/C18H17F4NO4S/c19-16-7-13(17-14(8-16)9-26-11-27-17)4-5-23-28(24,25)10-12-2-1-3-15(6-12)18(20,21)22/h1-3,6-8,23H,4-5,9-11H2. The van der Waals surface area contributed by atoms with Crippen molar-refractivity contribution in [2.75, 3.05) is 13.3 Å². The van der Waals surface area contributed by atoms with Gasteiger partial charge >= 0.3 is 6.18 Å². The largest absolute Gasteiger partial charge is 0.467 e. The number of nitrogens with one attached hydrogen (secondary N) is 1. The van der Waals surface area contributed by atoms with E-state index in [1.165, 1.54) is 18.2 Å². The minimum absolute atomic E-state index is 0.0194. The molecule has 3 rings (SSSR count). The fraction of sp³-hybridized carbons (Fsp3) is 0.333. The molecule has 1 N–H and O–H groups in total. The van der Waals surface area contributed by atoms with Crippen molar-refractivity contribution in [2.24, 2.45) is 0 Å². The number of hydrogen-bond acceptors (Lipinski definition) is 4. The number of benzene rings is 2. The van der Waals surface area contributed by atoms with Crippen LogP contribution in [0.3, 0.4) is 0 Å². The van der Waals surface area contributed by atoms with Crippen LogP contribution in [0.4, 0.5) is 17.6 Å². The van der Waals surface area contributed by atoms with Gasteiger partial charge in [-0.25, -0.2) is 17.5 Å². The Bertz CT molecular complexity index is 961. The van der Waals surface area contributed by atoms with Crippen molar-refractivity contribution >= 4 is 10.0 Å². The normalized spacial score (nSPS) is 14.4. The zero-order valence-electron chi connectivity index (χ0n) is 14.6. The summed E-state index contributed by atoms with van der Waals surface area (Å²) >= 11 is 0. The third kappa shape index (κ3) is 5.21. The number of fused-ring (bicyclic) bond motifs is 1. The first-order chi connectivity index (χ1) is 13.1. The lowest BCUT2D eigenvalue weighted by atomic mass is 10.1. The lowest BCUT2D eigenvalue weighted by molar-refractivity contribution is -0.137. The zero-order chi connectivity index (χ0) is 20.4. The van der Waals surface area contributed by atoms with E-state index in [0.717, 1.165) is 18.2 Å². The fourth-order valence-corrected chi connectivity index (χ4v) is 4.03. The maximum Gasteiger partial charge on any atom is 0.416 e. The van der Waals surface area contributed by atoms with Crippen LogP contribution < -0.4 is 9.46 Å². The molecule has 1 aliphatic heterocycles. The van der Waals surface area contributed by atoms with E-state index in [-0.39, 0.29) is 31.9 Å². The van der Waals surface area contributed by atoms with Crippen LogP contribution in [0.5, 0.6) is 5.75 Å². The molecule has 0 spiro atoms. The van der Waals surface area contributed by atoms with Crippen molar-refractivity contribution in [1.82, 2.24) is 4.72 Å². The van der Waals surface area contributed by atoms with Crippen molar-refractivity contribution < 1.29 is 35.5 Å². The van der Waals surface area contributed by atoms with Gasteiger partial charge in [0.05, 0.1) is 17.9 Å². The lowest BCUT2D eigenvalue weighted by Gasteiger charge is -2.21.